The number of ketones is 1. The van der Waals surface area contributed by atoms with Crippen LogP contribution in [0.15, 0.2) is 60.7 Å². The van der Waals surface area contributed by atoms with Gasteiger partial charge in [0.25, 0.3) is 0 Å². The monoisotopic (exact) mass is 252 g/mol. The van der Waals surface area contributed by atoms with Gasteiger partial charge in [-0.1, -0.05) is 60.7 Å². The summed E-state index contributed by atoms with van der Waals surface area (Å²) >= 11 is 0. The molecule has 0 unspecified atom stereocenters. The fourth-order valence-corrected chi connectivity index (χ4v) is 2.21. The Kier molecular flexibility index (Phi) is 5.36. The van der Waals surface area contributed by atoms with Gasteiger partial charge >= 0.3 is 0 Å². The number of carbonyl (C=O) groups is 1. The van der Waals surface area contributed by atoms with Crippen LogP contribution in [0.5, 0.6) is 0 Å². The average Bonchev–Trinajstić information content (AvgIpc) is 2.46. The largest absolute Gasteiger partial charge is 0.299 e. The second-order valence-corrected chi connectivity index (χ2v) is 4.89. The third kappa shape index (κ3) is 5.09. The van der Waals surface area contributed by atoms with Gasteiger partial charge in [-0.2, -0.15) is 0 Å². The Morgan fingerprint density at radius 1 is 0.737 bits per heavy atom. The molecular formula is C18H20O. The molecule has 0 aliphatic carbocycles. The Labute approximate surface area is 115 Å². The van der Waals surface area contributed by atoms with Gasteiger partial charge in [0.2, 0.25) is 0 Å². The fraction of sp³-hybridized carbons (Fsp3) is 0.278. The van der Waals surface area contributed by atoms with E-state index in [1.807, 2.05) is 36.4 Å². The van der Waals surface area contributed by atoms with E-state index < -0.39 is 0 Å². The summed E-state index contributed by atoms with van der Waals surface area (Å²) < 4.78 is 0. The first-order chi connectivity index (χ1) is 9.34. The summed E-state index contributed by atoms with van der Waals surface area (Å²) in [5, 5.41) is 0. The van der Waals surface area contributed by atoms with Crippen molar-refractivity contribution in [2.24, 2.45) is 0 Å². The van der Waals surface area contributed by atoms with Gasteiger partial charge in [-0.15, -0.1) is 0 Å². The molecule has 2 aromatic rings. The summed E-state index contributed by atoms with van der Waals surface area (Å²) in [6, 6.07) is 20.4. The van der Waals surface area contributed by atoms with Gasteiger partial charge in [-0.25, -0.2) is 0 Å². The van der Waals surface area contributed by atoms with E-state index in [1.54, 1.807) is 0 Å². The minimum absolute atomic E-state index is 0.347. The first kappa shape index (κ1) is 13.5. The zero-order valence-corrected chi connectivity index (χ0v) is 11.2. The lowest BCUT2D eigenvalue weighted by Gasteiger charge is -2.02. The van der Waals surface area contributed by atoms with Gasteiger partial charge in [-0.05, 0) is 30.4 Å². The van der Waals surface area contributed by atoms with Crippen LogP contribution >= 0.6 is 0 Å². The van der Waals surface area contributed by atoms with Crippen LogP contribution in [0.1, 0.15) is 30.4 Å². The van der Waals surface area contributed by atoms with E-state index in [-0.39, 0.29) is 0 Å². The number of benzene rings is 2. The van der Waals surface area contributed by atoms with Gasteiger partial charge in [0.05, 0.1) is 0 Å². The summed E-state index contributed by atoms with van der Waals surface area (Å²) in [4.78, 5) is 11.8. The molecule has 0 aliphatic rings. The molecule has 1 heteroatoms. The van der Waals surface area contributed by atoms with Crippen LogP contribution in [0.3, 0.4) is 0 Å². The molecule has 98 valence electrons. The standard InChI is InChI=1S/C18H20O/c19-18(15-17-12-5-2-6-13-17)14-8-7-11-16-9-3-1-4-10-16/h1-6,9-10,12-13H,7-8,11,14-15H2. The molecule has 0 saturated heterocycles. The van der Waals surface area contributed by atoms with E-state index in [9.17, 15) is 4.79 Å². The van der Waals surface area contributed by atoms with Crippen molar-refractivity contribution in [2.45, 2.75) is 32.1 Å². The molecule has 0 bridgehead atoms. The van der Waals surface area contributed by atoms with Crippen LogP contribution in [-0.4, -0.2) is 5.78 Å². The molecule has 19 heavy (non-hydrogen) atoms. The van der Waals surface area contributed by atoms with Gasteiger partial charge in [0.1, 0.15) is 5.78 Å². The van der Waals surface area contributed by atoms with Crippen molar-refractivity contribution in [3.05, 3.63) is 71.8 Å². The lowest BCUT2D eigenvalue weighted by Crippen LogP contribution is -2.02. The van der Waals surface area contributed by atoms with Crippen molar-refractivity contribution in [1.82, 2.24) is 0 Å². The molecule has 0 fully saturated rings. The predicted molar refractivity (Wildman–Crippen MR) is 79.2 cm³/mol. The maximum atomic E-state index is 11.8. The molecule has 1 nitrogen and oxygen atoms in total. The third-order valence-corrected chi connectivity index (χ3v) is 3.26. The van der Waals surface area contributed by atoms with Crippen molar-refractivity contribution in [1.29, 1.82) is 0 Å². The summed E-state index contributed by atoms with van der Waals surface area (Å²) in [6.45, 7) is 0. The van der Waals surface area contributed by atoms with E-state index in [2.05, 4.69) is 24.3 Å². The highest BCUT2D eigenvalue weighted by atomic mass is 16.1. The van der Waals surface area contributed by atoms with Crippen LogP contribution in [0.2, 0.25) is 0 Å². The summed E-state index contributed by atoms with van der Waals surface area (Å²) in [5.41, 5.74) is 2.48. The quantitative estimate of drug-likeness (QED) is 0.675. The van der Waals surface area contributed by atoms with Gasteiger partial charge in [0, 0.05) is 12.8 Å². The predicted octanol–water partition coefficient (Wildman–Crippen LogP) is 4.21. The van der Waals surface area contributed by atoms with Crippen molar-refractivity contribution in [2.75, 3.05) is 0 Å². The molecule has 2 rings (SSSR count). The number of carbonyl (C=O) groups excluding carboxylic acids is 1. The molecule has 0 spiro atoms. The molecule has 0 radical (unpaired) electrons. The van der Waals surface area contributed by atoms with Crippen molar-refractivity contribution in [3.63, 3.8) is 0 Å². The molecule has 0 aromatic heterocycles. The molecule has 0 amide bonds. The third-order valence-electron chi connectivity index (χ3n) is 3.26. The van der Waals surface area contributed by atoms with E-state index in [0.29, 0.717) is 18.6 Å². The molecule has 0 saturated carbocycles. The van der Waals surface area contributed by atoms with Gasteiger partial charge in [0.15, 0.2) is 0 Å². The maximum absolute atomic E-state index is 11.8. The summed E-state index contributed by atoms with van der Waals surface area (Å²) in [5.74, 6) is 0.347. The average molecular weight is 252 g/mol. The van der Waals surface area contributed by atoms with E-state index in [0.717, 1.165) is 24.8 Å². The fourth-order valence-electron chi connectivity index (χ4n) is 2.21. The number of Topliss-reactive ketones (excluding diaryl/α,β-unsaturated/α-hetero) is 1. The Bertz CT molecular complexity index is 488. The van der Waals surface area contributed by atoms with Crippen LogP contribution in [0, 0.1) is 0 Å². The zero-order chi connectivity index (χ0) is 13.3. The molecule has 2 aromatic carbocycles. The van der Waals surface area contributed by atoms with Crippen LogP contribution < -0.4 is 0 Å². The van der Waals surface area contributed by atoms with E-state index in [1.165, 1.54) is 5.56 Å². The minimum atomic E-state index is 0.347. The van der Waals surface area contributed by atoms with Crippen molar-refractivity contribution < 1.29 is 4.79 Å². The molecular weight excluding hydrogens is 232 g/mol. The highest BCUT2D eigenvalue weighted by Gasteiger charge is 2.03. The lowest BCUT2D eigenvalue weighted by molar-refractivity contribution is -0.118. The van der Waals surface area contributed by atoms with Crippen molar-refractivity contribution in [3.8, 4) is 0 Å². The van der Waals surface area contributed by atoms with Crippen molar-refractivity contribution >= 4 is 5.78 Å². The summed E-state index contributed by atoms with van der Waals surface area (Å²) in [6.07, 6.45) is 4.42. The number of hydrogen-bond donors (Lipinski definition) is 0. The van der Waals surface area contributed by atoms with Gasteiger partial charge < -0.3 is 0 Å². The molecule has 0 heterocycles. The Morgan fingerprint density at radius 2 is 1.32 bits per heavy atom. The van der Waals surface area contributed by atoms with E-state index in [4.69, 9.17) is 0 Å². The first-order valence-corrected chi connectivity index (χ1v) is 6.94. The normalized spacial score (nSPS) is 10.3. The Morgan fingerprint density at radius 3 is 1.95 bits per heavy atom. The van der Waals surface area contributed by atoms with Crippen LogP contribution in [0.25, 0.3) is 0 Å². The number of rotatable bonds is 7. The maximum Gasteiger partial charge on any atom is 0.137 e. The molecule has 0 N–H and O–H groups in total. The topological polar surface area (TPSA) is 17.1 Å². The van der Waals surface area contributed by atoms with E-state index >= 15 is 0 Å². The zero-order valence-electron chi connectivity index (χ0n) is 11.2. The second-order valence-electron chi connectivity index (χ2n) is 4.89. The van der Waals surface area contributed by atoms with Gasteiger partial charge in [-0.3, -0.25) is 4.79 Å². The second kappa shape index (κ2) is 7.52. The number of aryl methyl sites for hydroxylation is 1. The highest BCUT2D eigenvalue weighted by molar-refractivity contribution is 5.80. The minimum Gasteiger partial charge on any atom is -0.299 e. The van der Waals surface area contributed by atoms with Crippen LogP contribution in [0.4, 0.5) is 0 Å². The van der Waals surface area contributed by atoms with Crippen LogP contribution in [-0.2, 0) is 17.6 Å². The SMILES string of the molecule is O=C(CCCCc1ccccc1)Cc1ccccc1. The Hall–Kier alpha value is -1.89. The molecule has 0 atom stereocenters. The first-order valence-electron chi connectivity index (χ1n) is 6.94. The molecule has 0 aliphatic heterocycles. The number of hydrogen-bond acceptors (Lipinski definition) is 1. The number of unbranched alkanes of at least 4 members (excludes halogenated alkanes) is 1. The Balaban J connectivity index is 1.65. The lowest BCUT2D eigenvalue weighted by atomic mass is 10.0. The summed E-state index contributed by atoms with van der Waals surface area (Å²) in [7, 11) is 0. The smallest absolute Gasteiger partial charge is 0.137 e. The highest BCUT2D eigenvalue weighted by Crippen LogP contribution is 2.08.